The van der Waals surface area contributed by atoms with Crippen LogP contribution in [0.2, 0.25) is 0 Å². The second kappa shape index (κ2) is 5.66. The molecule has 1 rings (SSSR count). The number of carboxylic acid groups (broad SMARTS) is 1. The molecule has 86 valence electrons. The Morgan fingerprint density at radius 3 is 2.81 bits per heavy atom. The van der Waals surface area contributed by atoms with Crippen molar-refractivity contribution in [3.8, 4) is 0 Å². The van der Waals surface area contributed by atoms with Gasteiger partial charge in [-0.2, -0.15) is 0 Å². The van der Waals surface area contributed by atoms with Gasteiger partial charge in [0.2, 0.25) is 0 Å². The maximum absolute atomic E-state index is 11.2. The zero-order valence-electron chi connectivity index (χ0n) is 8.25. The van der Waals surface area contributed by atoms with E-state index in [-0.39, 0.29) is 6.54 Å². The molecule has 1 heterocycles. The first-order chi connectivity index (χ1) is 7.59. The van der Waals surface area contributed by atoms with E-state index >= 15 is 0 Å². The van der Waals surface area contributed by atoms with Crippen LogP contribution in [-0.4, -0.2) is 39.8 Å². The summed E-state index contributed by atoms with van der Waals surface area (Å²) in [5.41, 5.74) is 0.477. The third-order valence-corrected chi connectivity index (χ3v) is 1.66. The predicted molar refractivity (Wildman–Crippen MR) is 54.9 cm³/mol. The van der Waals surface area contributed by atoms with E-state index in [9.17, 15) is 9.59 Å². The van der Waals surface area contributed by atoms with E-state index in [1.807, 2.05) is 0 Å². The summed E-state index contributed by atoms with van der Waals surface area (Å²) in [5.74, 6) is -1.39. The topological polar surface area (TPSA) is 112 Å². The third-order valence-electron chi connectivity index (χ3n) is 1.66. The first kappa shape index (κ1) is 11.9. The number of amides is 2. The molecule has 0 fully saturated rings. The van der Waals surface area contributed by atoms with E-state index in [4.69, 9.17) is 10.2 Å². The molecule has 0 aliphatic heterocycles. The lowest BCUT2D eigenvalue weighted by molar-refractivity contribution is -0.146. The van der Waals surface area contributed by atoms with Crippen molar-refractivity contribution in [2.45, 2.75) is 6.10 Å². The van der Waals surface area contributed by atoms with Gasteiger partial charge in [-0.3, -0.25) is 4.98 Å². The summed E-state index contributed by atoms with van der Waals surface area (Å²) < 4.78 is 0. The number of aliphatic hydroxyl groups excluding tert-OH is 1. The van der Waals surface area contributed by atoms with Crippen LogP contribution in [0.25, 0.3) is 0 Å². The lowest BCUT2D eigenvalue weighted by atomic mass is 10.3. The monoisotopic (exact) mass is 225 g/mol. The molecule has 0 aliphatic rings. The molecule has 1 unspecified atom stereocenters. The lowest BCUT2D eigenvalue weighted by Crippen LogP contribution is -2.38. The fraction of sp³-hybridized carbons (Fsp3) is 0.222. The van der Waals surface area contributed by atoms with E-state index in [0.717, 1.165) is 0 Å². The van der Waals surface area contributed by atoms with Gasteiger partial charge >= 0.3 is 12.0 Å². The van der Waals surface area contributed by atoms with Crippen molar-refractivity contribution in [3.05, 3.63) is 24.5 Å². The van der Waals surface area contributed by atoms with Crippen molar-refractivity contribution in [2.24, 2.45) is 0 Å². The van der Waals surface area contributed by atoms with Crippen molar-refractivity contribution in [3.63, 3.8) is 0 Å². The molecule has 2 amide bonds. The molecular weight excluding hydrogens is 214 g/mol. The van der Waals surface area contributed by atoms with E-state index < -0.39 is 18.1 Å². The number of aliphatic hydroxyl groups is 1. The van der Waals surface area contributed by atoms with Crippen molar-refractivity contribution < 1.29 is 19.8 Å². The molecule has 4 N–H and O–H groups in total. The number of nitrogens with one attached hydrogen (secondary N) is 2. The van der Waals surface area contributed by atoms with Crippen LogP contribution in [0.3, 0.4) is 0 Å². The minimum atomic E-state index is -1.61. The molecule has 7 heteroatoms. The average Bonchev–Trinajstić information content (AvgIpc) is 2.27. The van der Waals surface area contributed by atoms with Gasteiger partial charge in [-0.15, -0.1) is 0 Å². The van der Waals surface area contributed by atoms with E-state index in [0.29, 0.717) is 5.69 Å². The molecule has 0 radical (unpaired) electrons. The highest BCUT2D eigenvalue weighted by Crippen LogP contribution is 2.01. The second-order valence-corrected chi connectivity index (χ2v) is 2.93. The van der Waals surface area contributed by atoms with Crippen LogP contribution in [0.5, 0.6) is 0 Å². The number of aromatic nitrogens is 1. The Morgan fingerprint density at radius 2 is 2.25 bits per heavy atom. The number of urea groups is 1. The molecule has 7 nitrogen and oxygen atoms in total. The fourth-order valence-corrected chi connectivity index (χ4v) is 0.889. The molecule has 0 saturated heterocycles. The number of hydrogen-bond acceptors (Lipinski definition) is 4. The summed E-state index contributed by atoms with van der Waals surface area (Å²) in [6, 6.07) is 2.66. The molecule has 1 aromatic heterocycles. The number of nitrogens with zero attached hydrogens (tertiary/aromatic N) is 1. The number of aliphatic carboxylic acids is 1. The van der Waals surface area contributed by atoms with Crippen LogP contribution in [0.15, 0.2) is 24.5 Å². The average molecular weight is 225 g/mol. The smallest absolute Gasteiger partial charge is 0.334 e. The maximum atomic E-state index is 11.2. The van der Waals surface area contributed by atoms with Gasteiger partial charge in [0.15, 0.2) is 6.10 Å². The van der Waals surface area contributed by atoms with Gasteiger partial charge in [0.05, 0.1) is 18.4 Å². The molecule has 16 heavy (non-hydrogen) atoms. The summed E-state index contributed by atoms with van der Waals surface area (Å²) >= 11 is 0. The van der Waals surface area contributed by atoms with Crippen LogP contribution in [0, 0.1) is 0 Å². The van der Waals surface area contributed by atoms with Gasteiger partial charge in [-0.1, -0.05) is 0 Å². The van der Waals surface area contributed by atoms with E-state index in [1.165, 1.54) is 6.20 Å². The maximum Gasteiger partial charge on any atom is 0.334 e. The summed E-state index contributed by atoms with van der Waals surface area (Å²) in [7, 11) is 0. The SMILES string of the molecule is O=C(NCC(O)C(=O)O)Nc1cccnc1. The quantitative estimate of drug-likeness (QED) is 0.559. The van der Waals surface area contributed by atoms with Crippen LogP contribution in [0.4, 0.5) is 10.5 Å². The van der Waals surface area contributed by atoms with Crippen molar-refractivity contribution in [1.29, 1.82) is 0 Å². The zero-order chi connectivity index (χ0) is 12.0. The Bertz CT molecular complexity index is 368. The van der Waals surface area contributed by atoms with E-state index in [2.05, 4.69) is 15.6 Å². The summed E-state index contributed by atoms with van der Waals surface area (Å²) in [6.07, 6.45) is 1.38. The summed E-state index contributed by atoms with van der Waals surface area (Å²) in [5, 5.41) is 21.9. The molecule has 0 bridgehead atoms. The summed E-state index contributed by atoms with van der Waals surface area (Å²) in [6.45, 7) is -0.360. The predicted octanol–water partition coefficient (Wildman–Crippen LogP) is -0.351. The van der Waals surface area contributed by atoms with Crippen LogP contribution >= 0.6 is 0 Å². The van der Waals surface area contributed by atoms with Gasteiger partial charge in [-0.25, -0.2) is 9.59 Å². The van der Waals surface area contributed by atoms with Crippen LogP contribution < -0.4 is 10.6 Å². The largest absolute Gasteiger partial charge is 0.479 e. The molecule has 0 aliphatic carbocycles. The minimum absolute atomic E-state index is 0.360. The minimum Gasteiger partial charge on any atom is -0.479 e. The number of rotatable bonds is 4. The van der Waals surface area contributed by atoms with Gasteiger partial charge in [0, 0.05) is 6.20 Å². The molecule has 1 atom stereocenters. The highest BCUT2D eigenvalue weighted by atomic mass is 16.4. The third kappa shape index (κ3) is 3.93. The molecule has 0 aromatic carbocycles. The molecule has 0 spiro atoms. The highest BCUT2D eigenvalue weighted by molar-refractivity contribution is 5.89. The number of anilines is 1. The number of carbonyl (C=O) groups is 2. The van der Waals surface area contributed by atoms with Crippen LogP contribution in [-0.2, 0) is 4.79 Å². The van der Waals surface area contributed by atoms with Crippen LogP contribution in [0.1, 0.15) is 0 Å². The highest BCUT2D eigenvalue weighted by Gasteiger charge is 2.13. The Balaban J connectivity index is 2.35. The number of carboxylic acids is 1. The standard InChI is InChI=1S/C9H11N3O4/c13-7(8(14)15)5-11-9(16)12-6-2-1-3-10-4-6/h1-4,7,13H,5H2,(H,14,15)(H2,11,12,16). The number of pyridine rings is 1. The first-order valence-electron chi connectivity index (χ1n) is 4.45. The van der Waals surface area contributed by atoms with Gasteiger partial charge in [-0.05, 0) is 12.1 Å². The lowest BCUT2D eigenvalue weighted by Gasteiger charge is -2.08. The Hall–Kier alpha value is -2.15. The second-order valence-electron chi connectivity index (χ2n) is 2.93. The molecule has 1 aromatic rings. The molecular formula is C9H11N3O4. The summed E-state index contributed by atoms with van der Waals surface area (Å²) in [4.78, 5) is 25.2. The van der Waals surface area contributed by atoms with Crippen molar-refractivity contribution in [1.82, 2.24) is 10.3 Å². The number of carbonyl (C=O) groups excluding carboxylic acids is 1. The molecule has 0 saturated carbocycles. The first-order valence-corrected chi connectivity index (χ1v) is 4.45. The van der Waals surface area contributed by atoms with E-state index in [1.54, 1.807) is 18.3 Å². The normalized spacial score (nSPS) is 11.6. The van der Waals surface area contributed by atoms with Crippen molar-refractivity contribution in [2.75, 3.05) is 11.9 Å². The van der Waals surface area contributed by atoms with Gasteiger partial charge < -0.3 is 20.8 Å². The fourth-order valence-electron chi connectivity index (χ4n) is 0.889. The zero-order valence-corrected chi connectivity index (χ0v) is 8.25. The van der Waals surface area contributed by atoms with Gasteiger partial charge in [0.25, 0.3) is 0 Å². The Morgan fingerprint density at radius 1 is 1.50 bits per heavy atom. The number of hydrogen-bond donors (Lipinski definition) is 4. The van der Waals surface area contributed by atoms with Crippen molar-refractivity contribution >= 4 is 17.7 Å². The Labute approximate surface area is 91.1 Å². The Kier molecular flexibility index (Phi) is 4.22. The van der Waals surface area contributed by atoms with Gasteiger partial charge in [0.1, 0.15) is 0 Å².